The van der Waals surface area contributed by atoms with Crippen molar-refractivity contribution in [1.82, 2.24) is 4.98 Å². The van der Waals surface area contributed by atoms with Crippen molar-refractivity contribution in [2.75, 3.05) is 4.90 Å². The molecule has 7 nitrogen and oxygen atoms in total. The third kappa shape index (κ3) is 2.59. The highest BCUT2D eigenvalue weighted by Gasteiger charge is 2.37. The average Bonchev–Trinajstić information content (AvgIpc) is 3.03. The van der Waals surface area contributed by atoms with E-state index in [1.165, 1.54) is 18.2 Å². The summed E-state index contributed by atoms with van der Waals surface area (Å²) in [5, 5.41) is 9.45. The maximum absolute atomic E-state index is 13.0. The number of rotatable bonds is 2. The van der Waals surface area contributed by atoms with E-state index in [9.17, 15) is 14.4 Å². The van der Waals surface area contributed by atoms with Crippen LogP contribution in [-0.4, -0.2) is 16.8 Å². The lowest BCUT2D eigenvalue weighted by Crippen LogP contribution is -2.29. The third-order valence-corrected chi connectivity index (χ3v) is 4.90. The first-order chi connectivity index (χ1) is 14.6. The first-order valence-electron chi connectivity index (χ1n) is 9.00. The van der Waals surface area contributed by atoms with Crippen LogP contribution in [0.15, 0.2) is 75.9 Å². The van der Waals surface area contributed by atoms with Crippen molar-refractivity contribution in [2.24, 2.45) is 0 Å². The molecular formula is C23H11N3O4. The molecule has 0 radical (unpaired) electrons. The molecule has 1 aromatic heterocycles. The summed E-state index contributed by atoms with van der Waals surface area (Å²) in [6.07, 6.45) is 0. The maximum Gasteiger partial charge on any atom is 0.347 e. The number of para-hydroxylation sites is 1. The Morgan fingerprint density at radius 3 is 2.50 bits per heavy atom. The van der Waals surface area contributed by atoms with Crippen molar-refractivity contribution in [3.05, 3.63) is 93.8 Å². The summed E-state index contributed by atoms with van der Waals surface area (Å²) in [6.45, 7) is 0. The van der Waals surface area contributed by atoms with E-state index in [-0.39, 0.29) is 17.0 Å². The minimum absolute atomic E-state index is 0.0617. The lowest BCUT2D eigenvalue weighted by Gasteiger charge is -2.13. The Morgan fingerprint density at radius 1 is 0.867 bits per heavy atom. The van der Waals surface area contributed by atoms with Crippen LogP contribution >= 0.6 is 0 Å². The molecule has 0 aliphatic carbocycles. The van der Waals surface area contributed by atoms with Crippen LogP contribution in [0.3, 0.4) is 0 Å². The second-order valence-corrected chi connectivity index (χ2v) is 6.69. The molecule has 142 valence electrons. The standard InChI is InChI=1S/C23H11N3O4/c24-12-13-4-3-5-15(10-13)26-21(27)16-9-8-14(11-18(16)22(26)28)20-25-19-7-2-1-6-17(19)23(29)30-20/h1-11H. The molecule has 0 fully saturated rings. The number of anilines is 1. The second kappa shape index (κ2) is 6.50. The summed E-state index contributed by atoms with van der Waals surface area (Å²) >= 11 is 0. The molecule has 0 atom stereocenters. The molecule has 0 saturated carbocycles. The van der Waals surface area contributed by atoms with Crippen LogP contribution in [0.2, 0.25) is 0 Å². The summed E-state index contributed by atoms with van der Waals surface area (Å²) in [5.41, 5.74) is 1.41. The van der Waals surface area contributed by atoms with Crippen LogP contribution in [0.1, 0.15) is 26.3 Å². The van der Waals surface area contributed by atoms with E-state index in [0.717, 1.165) is 4.90 Å². The molecule has 7 heteroatoms. The summed E-state index contributed by atoms with van der Waals surface area (Å²) in [5.74, 6) is -0.939. The van der Waals surface area contributed by atoms with Crippen LogP contribution in [0.5, 0.6) is 0 Å². The second-order valence-electron chi connectivity index (χ2n) is 6.69. The van der Waals surface area contributed by atoms with Gasteiger partial charge < -0.3 is 4.42 Å². The van der Waals surface area contributed by atoms with E-state index >= 15 is 0 Å². The number of hydrogen-bond donors (Lipinski definition) is 0. The summed E-state index contributed by atoms with van der Waals surface area (Å²) in [6, 6.07) is 19.6. The van der Waals surface area contributed by atoms with E-state index in [1.54, 1.807) is 48.5 Å². The molecule has 5 rings (SSSR count). The maximum atomic E-state index is 13.0. The van der Waals surface area contributed by atoms with Crippen molar-refractivity contribution in [3.63, 3.8) is 0 Å². The number of nitrogens with zero attached hydrogens (tertiary/aromatic N) is 3. The molecule has 2 amide bonds. The van der Waals surface area contributed by atoms with Gasteiger partial charge in [0.15, 0.2) is 0 Å². The van der Waals surface area contributed by atoms with Gasteiger partial charge >= 0.3 is 5.63 Å². The topological polar surface area (TPSA) is 104 Å². The number of fused-ring (bicyclic) bond motifs is 2. The molecule has 2 heterocycles. The molecule has 1 aliphatic rings. The number of amides is 2. The van der Waals surface area contributed by atoms with Gasteiger partial charge in [-0.2, -0.15) is 5.26 Å². The van der Waals surface area contributed by atoms with Gasteiger partial charge in [0.1, 0.15) is 0 Å². The molecule has 0 bridgehead atoms. The first kappa shape index (κ1) is 17.5. The Bertz CT molecular complexity index is 1480. The molecular weight excluding hydrogens is 382 g/mol. The molecule has 3 aromatic carbocycles. The van der Waals surface area contributed by atoms with E-state index < -0.39 is 17.4 Å². The Hall–Kier alpha value is -4.57. The summed E-state index contributed by atoms with van der Waals surface area (Å²) in [7, 11) is 0. The highest BCUT2D eigenvalue weighted by molar-refractivity contribution is 6.34. The van der Waals surface area contributed by atoms with Gasteiger partial charge in [-0.15, -0.1) is 0 Å². The number of carbonyl (C=O) groups excluding carboxylic acids is 2. The van der Waals surface area contributed by atoms with Crippen molar-refractivity contribution >= 4 is 28.4 Å². The molecule has 0 spiro atoms. The van der Waals surface area contributed by atoms with Crippen LogP contribution < -0.4 is 10.5 Å². The minimum atomic E-state index is -0.534. The predicted molar refractivity (Wildman–Crippen MR) is 108 cm³/mol. The minimum Gasteiger partial charge on any atom is -0.403 e. The van der Waals surface area contributed by atoms with Gasteiger partial charge in [0.2, 0.25) is 5.89 Å². The Kier molecular flexibility index (Phi) is 3.80. The SMILES string of the molecule is N#Cc1cccc(N2C(=O)c3ccc(-c4nc5ccccc5c(=O)o4)cc3C2=O)c1. The molecule has 0 unspecified atom stereocenters. The zero-order valence-corrected chi connectivity index (χ0v) is 15.3. The zero-order chi connectivity index (χ0) is 20.8. The number of aromatic nitrogens is 1. The van der Waals surface area contributed by atoms with E-state index in [2.05, 4.69) is 4.98 Å². The van der Waals surface area contributed by atoms with Gasteiger partial charge in [0.25, 0.3) is 11.8 Å². The normalized spacial score (nSPS) is 12.8. The third-order valence-electron chi connectivity index (χ3n) is 4.90. The van der Waals surface area contributed by atoms with Gasteiger partial charge in [0.05, 0.1) is 39.3 Å². The van der Waals surface area contributed by atoms with Crippen molar-refractivity contribution in [1.29, 1.82) is 5.26 Å². The average molecular weight is 393 g/mol. The first-order valence-corrected chi connectivity index (χ1v) is 9.00. The zero-order valence-electron chi connectivity index (χ0n) is 15.3. The van der Waals surface area contributed by atoms with Crippen LogP contribution in [0, 0.1) is 11.3 Å². The van der Waals surface area contributed by atoms with E-state index in [1.807, 2.05) is 6.07 Å². The fourth-order valence-electron chi connectivity index (χ4n) is 3.47. The van der Waals surface area contributed by atoms with Crippen LogP contribution in [-0.2, 0) is 0 Å². The van der Waals surface area contributed by atoms with Gasteiger partial charge in [-0.1, -0.05) is 18.2 Å². The van der Waals surface area contributed by atoms with Crippen molar-refractivity contribution in [2.45, 2.75) is 0 Å². The lowest BCUT2D eigenvalue weighted by molar-refractivity contribution is 0.0926. The molecule has 0 saturated heterocycles. The van der Waals surface area contributed by atoms with Gasteiger partial charge in [-0.25, -0.2) is 14.7 Å². The Balaban J connectivity index is 1.60. The smallest absolute Gasteiger partial charge is 0.347 e. The molecule has 30 heavy (non-hydrogen) atoms. The monoisotopic (exact) mass is 393 g/mol. The summed E-state index contributed by atoms with van der Waals surface area (Å²) < 4.78 is 5.33. The van der Waals surface area contributed by atoms with Gasteiger partial charge in [-0.3, -0.25) is 9.59 Å². The lowest BCUT2D eigenvalue weighted by atomic mass is 10.1. The van der Waals surface area contributed by atoms with E-state index in [4.69, 9.17) is 9.68 Å². The number of imide groups is 1. The number of carbonyl (C=O) groups is 2. The predicted octanol–water partition coefficient (Wildman–Crippen LogP) is 3.53. The fourth-order valence-corrected chi connectivity index (χ4v) is 3.47. The number of benzene rings is 3. The Morgan fingerprint density at radius 2 is 1.67 bits per heavy atom. The van der Waals surface area contributed by atoms with Crippen molar-refractivity contribution in [3.8, 4) is 17.5 Å². The summed E-state index contributed by atoms with van der Waals surface area (Å²) in [4.78, 5) is 43.4. The number of hydrogen-bond acceptors (Lipinski definition) is 6. The van der Waals surface area contributed by atoms with Crippen LogP contribution in [0.25, 0.3) is 22.4 Å². The highest BCUT2D eigenvalue weighted by atomic mass is 16.4. The fraction of sp³-hybridized carbons (Fsp3) is 0. The number of nitriles is 1. The Labute approximate surface area is 169 Å². The molecule has 4 aromatic rings. The van der Waals surface area contributed by atoms with E-state index in [0.29, 0.717) is 27.7 Å². The van der Waals surface area contributed by atoms with Gasteiger partial charge in [-0.05, 0) is 48.5 Å². The largest absolute Gasteiger partial charge is 0.403 e. The highest BCUT2D eigenvalue weighted by Crippen LogP contribution is 2.31. The quantitative estimate of drug-likeness (QED) is 0.483. The molecule has 0 N–H and O–H groups in total. The van der Waals surface area contributed by atoms with Crippen molar-refractivity contribution < 1.29 is 14.0 Å². The van der Waals surface area contributed by atoms with Gasteiger partial charge in [0, 0.05) is 5.56 Å². The van der Waals surface area contributed by atoms with Crippen LogP contribution in [0.4, 0.5) is 5.69 Å². The molecule has 1 aliphatic heterocycles.